The molecule has 2 N–H and O–H groups in total. The molecular weight excluding hydrogens is 651 g/mol. The van der Waals surface area contributed by atoms with Crippen LogP contribution in [0, 0.1) is 0 Å². The summed E-state index contributed by atoms with van der Waals surface area (Å²) in [7, 11) is -4.77. The van der Waals surface area contributed by atoms with Crippen LogP contribution in [0.4, 0.5) is 0 Å². The average molecular weight is 721 g/mol. The van der Waals surface area contributed by atoms with Crippen LogP contribution in [0.3, 0.4) is 0 Å². The molecule has 0 radical (unpaired) electrons. The zero-order valence-electron chi connectivity index (χ0n) is 31.3. The number of phosphoric acid groups is 1. The van der Waals surface area contributed by atoms with Crippen LogP contribution in [0.2, 0.25) is 0 Å². The van der Waals surface area contributed by atoms with Crippen LogP contribution in [0.25, 0.3) is 0 Å². The summed E-state index contributed by atoms with van der Waals surface area (Å²) in [6.07, 6.45) is 46.2. The molecule has 0 aliphatic rings. The molecular formula is C41H69O8P. The molecule has 0 unspecified atom stereocenters. The first kappa shape index (κ1) is 47.5. The Hall–Kier alpha value is -2.51. The van der Waals surface area contributed by atoms with E-state index in [4.69, 9.17) is 19.3 Å². The molecule has 8 nitrogen and oxygen atoms in total. The van der Waals surface area contributed by atoms with Crippen molar-refractivity contribution < 1.29 is 37.9 Å². The number of ether oxygens (including phenoxy) is 2. The van der Waals surface area contributed by atoms with Crippen molar-refractivity contribution in [2.24, 2.45) is 0 Å². The van der Waals surface area contributed by atoms with Crippen molar-refractivity contribution in [1.29, 1.82) is 0 Å². The Balaban J connectivity index is 4.11. The number of allylic oxidation sites excluding steroid dienone is 12. The zero-order valence-corrected chi connectivity index (χ0v) is 32.2. The topological polar surface area (TPSA) is 119 Å². The fourth-order valence-corrected chi connectivity index (χ4v) is 5.17. The van der Waals surface area contributed by atoms with Crippen LogP contribution >= 0.6 is 7.82 Å². The van der Waals surface area contributed by atoms with E-state index in [1.54, 1.807) is 0 Å². The lowest BCUT2D eigenvalue weighted by Gasteiger charge is -2.18. The highest BCUT2D eigenvalue weighted by molar-refractivity contribution is 7.46. The third kappa shape index (κ3) is 38.3. The Morgan fingerprint density at radius 2 is 0.920 bits per heavy atom. The molecule has 0 saturated carbocycles. The van der Waals surface area contributed by atoms with Gasteiger partial charge in [0.25, 0.3) is 0 Å². The molecule has 0 aliphatic heterocycles. The van der Waals surface area contributed by atoms with Gasteiger partial charge in [-0.25, -0.2) is 4.57 Å². The quantitative estimate of drug-likeness (QED) is 0.0292. The predicted octanol–water partition coefficient (Wildman–Crippen LogP) is 11.5. The minimum atomic E-state index is -4.77. The van der Waals surface area contributed by atoms with Gasteiger partial charge in [0.1, 0.15) is 6.61 Å². The predicted molar refractivity (Wildman–Crippen MR) is 207 cm³/mol. The van der Waals surface area contributed by atoms with E-state index in [1.165, 1.54) is 51.4 Å². The van der Waals surface area contributed by atoms with E-state index in [-0.39, 0.29) is 19.4 Å². The van der Waals surface area contributed by atoms with E-state index in [2.05, 4.69) is 85.2 Å². The summed E-state index contributed by atoms with van der Waals surface area (Å²) in [5.74, 6) is -0.974. The van der Waals surface area contributed by atoms with Crippen LogP contribution in [0.5, 0.6) is 0 Å². The fraction of sp³-hybridized carbons (Fsp3) is 0.659. The minimum Gasteiger partial charge on any atom is -0.462 e. The third-order valence-electron chi connectivity index (χ3n) is 7.70. The first-order valence-corrected chi connectivity index (χ1v) is 20.8. The zero-order chi connectivity index (χ0) is 36.8. The van der Waals surface area contributed by atoms with E-state index >= 15 is 0 Å². The molecule has 1 atom stereocenters. The average Bonchev–Trinajstić information content (AvgIpc) is 3.08. The summed E-state index contributed by atoms with van der Waals surface area (Å²) in [4.78, 5) is 42.7. The van der Waals surface area contributed by atoms with Gasteiger partial charge in [-0.05, 0) is 83.5 Å². The number of carbonyl (C=O) groups excluding carboxylic acids is 2. The standard InChI is InChI=1S/C41H69O8P/c1-3-5-7-9-11-13-15-17-19-20-22-24-26-28-30-32-34-36-41(43)49-39(38-48-50(44,45)46)37-47-40(42)35-33-31-29-27-25-23-21-18-16-14-12-10-8-6-4-2/h11-14,17-19,21-22,24,28,30,39H,3-10,15-16,20,23,25-27,29,31-38H2,1-2H3,(H2,44,45,46)/b13-11-,14-12-,19-17-,21-18-,24-22-,30-28-/t39-/m1/s1. The van der Waals surface area contributed by atoms with Gasteiger partial charge in [0.15, 0.2) is 6.10 Å². The number of carbonyl (C=O) groups is 2. The summed E-state index contributed by atoms with van der Waals surface area (Å²) in [6.45, 7) is 3.55. The van der Waals surface area contributed by atoms with Crippen LogP contribution in [-0.2, 0) is 28.2 Å². The van der Waals surface area contributed by atoms with Gasteiger partial charge in [-0.3, -0.25) is 14.1 Å². The highest BCUT2D eigenvalue weighted by Gasteiger charge is 2.22. The third-order valence-corrected chi connectivity index (χ3v) is 8.18. The number of phosphoric ester groups is 1. The van der Waals surface area contributed by atoms with Crippen LogP contribution in [0.1, 0.15) is 155 Å². The van der Waals surface area contributed by atoms with Crippen LogP contribution < -0.4 is 0 Å². The fourth-order valence-electron chi connectivity index (χ4n) is 4.81. The molecule has 0 spiro atoms. The lowest BCUT2D eigenvalue weighted by atomic mass is 10.1. The number of hydrogen-bond acceptors (Lipinski definition) is 6. The summed E-state index contributed by atoms with van der Waals surface area (Å²) in [6, 6.07) is 0. The minimum absolute atomic E-state index is 0.129. The van der Waals surface area contributed by atoms with Gasteiger partial charge in [0.05, 0.1) is 6.61 Å². The van der Waals surface area contributed by atoms with Gasteiger partial charge in [0.2, 0.25) is 0 Å². The molecule has 0 amide bonds. The second kappa shape index (κ2) is 36.3. The maximum atomic E-state index is 12.3. The van der Waals surface area contributed by atoms with E-state index < -0.39 is 32.5 Å². The van der Waals surface area contributed by atoms with Crippen LogP contribution in [-0.4, -0.2) is 41.0 Å². The number of rotatable bonds is 34. The van der Waals surface area contributed by atoms with Gasteiger partial charge in [-0.2, -0.15) is 0 Å². The molecule has 286 valence electrons. The highest BCUT2D eigenvalue weighted by atomic mass is 31.2. The van der Waals surface area contributed by atoms with Crippen molar-refractivity contribution in [3.8, 4) is 0 Å². The molecule has 0 bridgehead atoms. The molecule has 0 aromatic rings. The number of unbranched alkanes of at least 4 members (excludes halogenated alkanes) is 12. The molecule has 0 rings (SSSR count). The van der Waals surface area contributed by atoms with Crippen molar-refractivity contribution in [3.63, 3.8) is 0 Å². The Morgan fingerprint density at radius 1 is 0.520 bits per heavy atom. The Kier molecular flexibility index (Phi) is 34.5. The Labute approximate surface area is 304 Å². The molecule has 0 saturated heterocycles. The molecule has 9 heteroatoms. The smallest absolute Gasteiger partial charge is 0.462 e. The van der Waals surface area contributed by atoms with Crippen molar-refractivity contribution in [2.75, 3.05) is 13.2 Å². The van der Waals surface area contributed by atoms with E-state index in [0.717, 1.165) is 57.8 Å². The monoisotopic (exact) mass is 720 g/mol. The molecule has 50 heavy (non-hydrogen) atoms. The maximum absolute atomic E-state index is 12.3. The normalized spacial score (nSPS) is 13.3. The molecule has 0 aromatic carbocycles. The van der Waals surface area contributed by atoms with Gasteiger partial charge in [-0.1, -0.05) is 132 Å². The first-order chi connectivity index (χ1) is 24.3. The van der Waals surface area contributed by atoms with E-state index in [9.17, 15) is 14.2 Å². The second-order valence-corrected chi connectivity index (χ2v) is 13.8. The van der Waals surface area contributed by atoms with Crippen molar-refractivity contribution >= 4 is 19.8 Å². The van der Waals surface area contributed by atoms with Gasteiger partial charge >= 0.3 is 19.8 Å². The Morgan fingerprint density at radius 3 is 1.40 bits per heavy atom. The number of esters is 2. The summed E-state index contributed by atoms with van der Waals surface area (Å²) >= 11 is 0. The van der Waals surface area contributed by atoms with Gasteiger partial charge < -0.3 is 19.3 Å². The summed E-state index contributed by atoms with van der Waals surface area (Å²) in [5, 5.41) is 0. The lowest BCUT2D eigenvalue weighted by Crippen LogP contribution is -2.29. The van der Waals surface area contributed by atoms with E-state index in [0.29, 0.717) is 19.3 Å². The summed E-state index contributed by atoms with van der Waals surface area (Å²) in [5.41, 5.74) is 0. The summed E-state index contributed by atoms with van der Waals surface area (Å²) < 4.78 is 26.2. The van der Waals surface area contributed by atoms with Crippen molar-refractivity contribution in [3.05, 3.63) is 72.9 Å². The lowest BCUT2D eigenvalue weighted by molar-refractivity contribution is -0.161. The van der Waals surface area contributed by atoms with Crippen LogP contribution in [0.15, 0.2) is 72.9 Å². The SMILES string of the molecule is CCCCC/C=C\C/C=C\C/C=C\C/C=C\CCCC(=O)O[C@H](COC(=O)CCCCCCC/C=C\C/C=C\CCCCC)COP(=O)(O)O. The second-order valence-electron chi connectivity index (χ2n) is 12.5. The Bertz CT molecular complexity index is 1040. The first-order valence-electron chi connectivity index (χ1n) is 19.2. The van der Waals surface area contributed by atoms with Crippen molar-refractivity contribution in [2.45, 2.75) is 161 Å². The largest absolute Gasteiger partial charge is 0.469 e. The molecule has 0 heterocycles. The van der Waals surface area contributed by atoms with Crippen molar-refractivity contribution in [1.82, 2.24) is 0 Å². The molecule has 0 aromatic heterocycles. The maximum Gasteiger partial charge on any atom is 0.469 e. The van der Waals surface area contributed by atoms with Gasteiger partial charge in [-0.15, -0.1) is 0 Å². The molecule has 0 fully saturated rings. The van der Waals surface area contributed by atoms with Gasteiger partial charge in [0, 0.05) is 12.8 Å². The van der Waals surface area contributed by atoms with E-state index in [1.807, 2.05) is 6.08 Å². The number of hydrogen-bond donors (Lipinski definition) is 2. The molecule has 0 aliphatic carbocycles. The highest BCUT2D eigenvalue weighted by Crippen LogP contribution is 2.35.